The third-order valence-corrected chi connectivity index (χ3v) is 2.92. The molecule has 0 saturated carbocycles. The highest BCUT2D eigenvalue weighted by atomic mass is 16.5. The van der Waals surface area contributed by atoms with Crippen molar-refractivity contribution in [2.75, 3.05) is 20.8 Å². The molecule has 0 amide bonds. The molecule has 0 radical (unpaired) electrons. The molecule has 1 aromatic carbocycles. The molecule has 0 atom stereocenters. The predicted octanol–water partition coefficient (Wildman–Crippen LogP) is 3.54. The van der Waals surface area contributed by atoms with E-state index in [0.717, 1.165) is 37.5 Å². The first-order valence-electron chi connectivity index (χ1n) is 6.87. The van der Waals surface area contributed by atoms with Crippen LogP contribution in [-0.2, 0) is 6.54 Å². The molecule has 0 heterocycles. The predicted molar refractivity (Wildman–Crippen MR) is 79.9 cm³/mol. The van der Waals surface area contributed by atoms with Gasteiger partial charge < -0.3 is 14.8 Å². The van der Waals surface area contributed by atoms with Gasteiger partial charge >= 0.3 is 0 Å². The molecule has 3 heteroatoms. The van der Waals surface area contributed by atoms with Crippen molar-refractivity contribution in [2.24, 2.45) is 0 Å². The Balaban J connectivity index is 2.42. The van der Waals surface area contributed by atoms with Crippen LogP contribution in [0.4, 0.5) is 0 Å². The van der Waals surface area contributed by atoms with E-state index in [2.05, 4.69) is 18.0 Å². The van der Waals surface area contributed by atoms with Gasteiger partial charge in [0.05, 0.1) is 13.7 Å². The summed E-state index contributed by atoms with van der Waals surface area (Å²) in [6.07, 6.45) is 6.47. The van der Waals surface area contributed by atoms with Crippen LogP contribution in [0.3, 0.4) is 0 Å². The van der Waals surface area contributed by atoms with Gasteiger partial charge in [0.1, 0.15) is 0 Å². The summed E-state index contributed by atoms with van der Waals surface area (Å²) >= 11 is 0. The van der Waals surface area contributed by atoms with Crippen LogP contribution in [-0.4, -0.2) is 20.8 Å². The fraction of sp³-hybridized carbons (Fsp3) is 0.500. The van der Waals surface area contributed by atoms with Gasteiger partial charge in [0, 0.05) is 6.54 Å². The molecule has 19 heavy (non-hydrogen) atoms. The Morgan fingerprint density at radius 1 is 1.21 bits per heavy atom. The number of rotatable bonds is 10. The number of nitrogens with one attached hydrogen (secondary N) is 1. The maximum absolute atomic E-state index is 5.77. The molecule has 0 aliphatic carbocycles. The molecule has 0 aliphatic heterocycles. The van der Waals surface area contributed by atoms with Crippen molar-refractivity contribution in [3.8, 4) is 11.5 Å². The number of allylic oxidation sites excluding steroid dienone is 1. The Kier molecular flexibility index (Phi) is 7.75. The van der Waals surface area contributed by atoms with E-state index in [4.69, 9.17) is 9.47 Å². The van der Waals surface area contributed by atoms with Crippen molar-refractivity contribution in [3.05, 3.63) is 36.4 Å². The third kappa shape index (κ3) is 5.79. The molecule has 0 aliphatic rings. The lowest BCUT2D eigenvalue weighted by Crippen LogP contribution is -2.06. The quantitative estimate of drug-likeness (QED) is 0.517. The number of hydrogen-bond donors (Lipinski definition) is 1. The zero-order chi connectivity index (χ0) is 13.9. The summed E-state index contributed by atoms with van der Waals surface area (Å²) in [5.41, 5.74) is 1.19. The maximum Gasteiger partial charge on any atom is 0.161 e. The number of hydrogen-bond acceptors (Lipinski definition) is 3. The minimum absolute atomic E-state index is 0.735. The van der Waals surface area contributed by atoms with Crippen LogP contribution in [0.5, 0.6) is 11.5 Å². The van der Waals surface area contributed by atoms with Crippen molar-refractivity contribution in [1.82, 2.24) is 5.32 Å². The van der Waals surface area contributed by atoms with Crippen LogP contribution >= 0.6 is 0 Å². The molecule has 0 aromatic heterocycles. The summed E-state index contributed by atoms with van der Waals surface area (Å²) in [5.74, 6) is 1.63. The van der Waals surface area contributed by atoms with Gasteiger partial charge in [-0.1, -0.05) is 12.1 Å². The van der Waals surface area contributed by atoms with Crippen LogP contribution in [0.15, 0.2) is 30.9 Å². The van der Waals surface area contributed by atoms with Crippen molar-refractivity contribution in [3.63, 3.8) is 0 Å². The highest BCUT2D eigenvalue weighted by molar-refractivity contribution is 5.42. The summed E-state index contributed by atoms with van der Waals surface area (Å²) in [4.78, 5) is 0. The van der Waals surface area contributed by atoms with Crippen LogP contribution in [0.1, 0.15) is 31.2 Å². The van der Waals surface area contributed by atoms with E-state index < -0.39 is 0 Å². The standard InChI is InChI=1S/C16H25NO2/c1-4-5-6-7-8-11-19-15-10-9-14(13-17-2)12-16(15)18-3/h4,9-10,12,17H,1,5-8,11,13H2,2-3H3. The molecule has 0 unspecified atom stereocenters. The molecule has 0 bridgehead atoms. The van der Waals surface area contributed by atoms with Gasteiger partial charge in [0.25, 0.3) is 0 Å². The SMILES string of the molecule is C=CCCCCCOc1ccc(CNC)cc1OC. The number of methoxy groups -OCH3 is 1. The first kappa shape index (κ1) is 15.6. The Labute approximate surface area is 116 Å². The Morgan fingerprint density at radius 2 is 2.05 bits per heavy atom. The zero-order valence-electron chi connectivity index (χ0n) is 12.1. The van der Waals surface area contributed by atoms with E-state index in [1.807, 2.05) is 25.3 Å². The van der Waals surface area contributed by atoms with Crippen LogP contribution in [0, 0.1) is 0 Å². The van der Waals surface area contributed by atoms with Gasteiger partial charge in [-0.05, 0) is 50.4 Å². The molecular formula is C16H25NO2. The van der Waals surface area contributed by atoms with Gasteiger partial charge in [-0.3, -0.25) is 0 Å². The monoisotopic (exact) mass is 263 g/mol. The van der Waals surface area contributed by atoms with E-state index in [0.29, 0.717) is 0 Å². The van der Waals surface area contributed by atoms with Crippen molar-refractivity contribution < 1.29 is 9.47 Å². The molecule has 0 spiro atoms. The van der Waals surface area contributed by atoms with Gasteiger partial charge in [0.15, 0.2) is 11.5 Å². The van der Waals surface area contributed by atoms with E-state index in [9.17, 15) is 0 Å². The maximum atomic E-state index is 5.77. The summed E-state index contributed by atoms with van der Waals surface area (Å²) in [6.45, 7) is 5.29. The normalized spacial score (nSPS) is 10.2. The molecular weight excluding hydrogens is 238 g/mol. The number of ether oxygens (including phenoxy) is 2. The third-order valence-electron chi connectivity index (χ3n) is 2.92. The van der Waals surface area contributed by atoms with Crippen molar-refractivity contribution in [1.29, 1.82) is 0 Å². The fourth-order valence-electron chi connectivity index (χ4n) is 1.89. The average Bonchev–Trinajstić information content (AvgIpc) is 2.44. The first-order valence-corrected chi connectivity index (χ1v) is 6.87. The van der Waals surface area contributed by atoms with Crippen LogP contribution in [0.25, 0.3) is 0 Å². The molecule has 0 saturated heterocycles. The molecule has 1 N–H and O–H groups in total. The van der Waals surface area contributed by atoms with Gasteiger partial charge in [-0.25, -0.2) is 0 Å². The zero-order valence-corrected chi connectivity index (χ0v) is 12.1. The fourth-order valence-corrected chi connectivity index (χ4v) is 1.89. The molecule has 106 valence electrons. The second-order valence-electron chi connectivity index (χ2n) is 4.50. The molecule has 1 rings (SSSR count). The minimum Gasteiger partial charge on any atom is -0.493 e. The molecule has 3 nitrogen and oxygen atoms in total. The van der Waals surface area contributed by atoms with Crippen molar-refractivity contribution in [2.45, 2.75) is 32.2 Å². The lowest BCUT2D eigenvalue weighted by Gasteiger charge is -2.12. The topological polar surface area (TPSA) is 30.5 Å². The number of benzene rings is 1. The van der Waals surface area contributed by atoms with Gasteiger partial charge in [-0.15, -0.1) is 6.58 Å². The van der Waals surface area contributed by atoms with E-state index >= 15 is 0 Å². The van der Waals surface area contributed by atoms with E-state index in [1.54, 1.807) is 7.11 Å². The molecule has 1 aromatic rings. The lowest BCUT2D eigenvalue weighted by atomic mass is 10.2. The van der Waals surface area contributed by atoms with E-state index in [1.165, 1.54) is 18.4 Å². The second kappa shape index (κ2) is 9.45. The smallest absolute Gasteiger partial charge is 0.161 e. The van der Waals surface area contributed by atoms with Gasteiger partial charge in [-0.2, -0.15) is 0 Å². The van der Waals surface area contributed by atoms with Crippen LogP contribution < -0.4 is 14.8 Å². The van der Waals surface area contributed by atoms with E-state index in [-0.39, 0.29) is 0 Å². The summed E-state index contributed by atoms with van der Waals surface area (Å²) in [5, 5.41) is 3.12. The highest BCUT2D eigenvalue weighted by Crippen LogP contribution is 2.28. The summed E-state index contributed by atoms with van der Waals surface area (Å²) < 4.78 is 11.1. The van der Waals surface area contributed by atoms with Crippen molar-refractivity contribution >= 4 is 0 Å². The second-order valence-corrected chi connectivity index (χ2v) is 4.50. The Morgan fingerprint density at radius 3 is 2.74 bits per heavy atom. The summed E-state index contributed by atoms with van der Waals surface area (Å²) in [7, 11) is 3.61. The average molecular weight is 263 g/mol. The highest BCUT2D eigenvalue weighted by Gasteiger charge is 2.05. The first-order chi connectivity index (χ1) is 9.31. The largest absolute Gasteiger partial charge is 0.493 e. The minimum atomic E-state index is 0.735. The Hall–Kier alpha value is -1.48. The summed E-state index contributed by atoms with van der Waals surface area (Å²) in [6, 6.07) is 6.06. The molecule has 0 fully saturated rings. The number of unbranched alkanes of at least 4 members (excludes halogenated alkanes) is 3. The van der Waals surface area contributed by atoms with Crippen LogP contribution in [0.2, 0.25) is 0 Å². The Bertz CT molecular complexity index is 377. The van der Waals surface area contributed by atoms with Gasteiger partial charge in [0.2, 0.25) is 0 Å². The lowest BCUT2D eigenvalue weighted by molar-refractivity contribution is 0.285.